The molecule has 1 aliphatic heterocycles. The first-order chi connectivity index (χ1) is 18.7. The first-order valence-electron chi connectivity index (χ1n) is 13.0. The number of aromatic nitrogens is 1. The molecule has 1 saturated carbocycles. The normalized spacial score (nSPS) is 15.8. The van der Waals surface area contributed by atoms with Crippen LogP contribution in [0.2, 0.25) is 0 Å². The van der Waals surface area contributed by atoms with Crippen molar-refractivity contribution in [1.82, 2.24) is 15.2 Å². The number of fused-ring (bicyclic) bond motifs is 2. The van der Waals surface area contributed by atoms with E-state index in [-0.39, 0.29) is 31.2 Å². The Labute approximate surface area is 225 Å². The van der Waals surface area contributed by atoms with E-state index in [0.29, 0.717) is 16.4 Å². The standard InChI is InChI=1S/C30H29N3O4S/c34-29(32-23-7-2-1-3-8-23)28(22-11-12-24-21(17-22)6-4-14-31-24)33(30(35)27-9-5-15-38-27)18-20-10-13-25-26(16-20)37-19-36-25/h4-6,9-17,23,28H,1-3,7-8,18-19H2,(H,32,34)/t28-/m1/s1. The maximum Gasteiger partial charge on any atom is 0.265 e. The number of carbonyl (C=O) groups is 2. The fourth-order valence-electron chi connectivity index (χ4n) is 5.32. The van der Waals surface area contributed by atoms with Crippen LogP contribution in [0.3, 0.4) is 0 Å². The third-order valence-corrected chi connectivity index (χ3v) is 8.09. The average Bonchev–Trinajstić information content (AvgIpc) is 3.65. The van der Waals surface area contributed by atoms with Gasteiger partial charge in [-0.05, 0) is 65.7 Å². The van der Waals surface area contributed by atoms with Gasteiger partial charge in [0.25, 0.3) is 5.91 Å². The van der Waals surface area contributed by atoms with Gasteiger partial charge in [-0.25, -0.2) is 0 Å². The molecule has 6 rings (SSSR count). The monoisotopic (exact) mass is 527 g/mol. The SMILES string of the molecule is O=C(NC1CCCCC1)[C@@H](c1ccc2ncccc2c1)N(Cc1ccc2c(c1)OCO2)C(=O)c1cccs1. The molecule has 1 atom stereocenters. The second kappa shape index (κ2) is 10.8. The largest absolute Gasteiger partial charge is 0.454 e. The zero-order valence-electron chi connectivity index (χ0n) is 21.0. The lowest BCUT2D eigenvalue weighted by molar-refractivity contribution is -0.127. The molecule has 0 radical (unpaired) electrons. The van der Waals surface area contributed by atoms with Gasteiger partial charge in [0.15, 0.2) is 11.5 Å². The number of nitrogens with one attached hydrogen (secondary N) is 1. The highest BCUT2D eigenvalue weighted by Gasteiger charge is 2.34. The van der Waals surface area contributed by atoms with E-state index in [2.05, 4.69) is 10.3 Å². The molecule has 1 fully saturated rings. The van der Waals surface area contributed by atoms with Crippen LogP contribution in [-0.2, 0) is 11.3 Å². The zero-order valence-corrected chi connectivity index (χ0v) is 21.8. The number of hydrogen-bond acceptors (Lipinski definition) is 6. The minimum atomic E-state index is -0.818. The summed E-state index contributed by atoms with van der Waals surface area (Å²) in [5, 5.41) is 6.09. The fourth-order valence-corrected chi connectivity index (χ4v) is 6.00. The Balaban J connectivity index is 1.42. The van der Waals surface area contributed by atoms with E-state index < -0.39 is 6.04 Å². The summed E-state index contributed by atoms with van der Waals surface area (Å²) < 4.78 is 11.1. The Kier molecular flexibility index (Phi) is 6.96. The second-order valence-electron chi connectivity index (χ2n) is 9.80. The Bertz CT molecular complexity index is 1450. The van der Waals surface area contributed by atoms with Crippen LogP contribution in [0.15, 0.2) is 72.2 Å². The summed E-state index contributed by atoms with van der Waals surface area (Å²) in [5.41, 5.74) is 2.45. The number of thiophene rings is 1. The summed E-state index contributed by atoms with van der Waals surface area (Å²) in [6, 6.07) is 18.3. The van der Waals surface area contributed by atoms with Crippen molar-refractivity contribution in [2.75, 3.05) is 6.79 Å². The van der Waals surface area contributed by atoms with Crippen LogP contribution in [-0.4, -0.2) is 34.5 Å². The lowest BCUT2D eigenvalue weighted by atomic mass is 9.94. The fraction of sp³-hybridized carbons (Fsp3) is 0.300. The lowest BCUT2D eigenvalue weighted by Crippen LogP contribution is -2.46. The van der Waals surface area contributed by atoms with Gasteiger partial charge in [0.05, 0.1) is 10.4 Å². The summed E-state index contributed by atoms with van der Waals surface area (Å²) in [4.78, 5) is 34.8. The van der Waals surface area contributed by atoms with Gasteiger partial charge in [0, 0.05) is 24.2 Å². The van der Waals surface area contributed by atoms with Gasteiger partial charge >= 0.3 is 0 Å². The molecule has 194 valence electrons. The number of nitrogens with zero attached hydrogens (tertiary/aromatic N) is 2. The van der Waals surface area contributed by atoms with Crippen LogP contribution < -0.4 is 14.8 Å². The van der Waals surface area contributed by atoms with Crippen LogP contribution in [0, 0.1) is 0 Å². The topological polar surface area (TPSA) is 80.8 Å². The molecule has 0 unspecified atom stereocenters. The van der Waals surface area contributed by atoms with Gasteiger partial charge in [-0.2, -0.15) is 0 Å². The van der Waals surface area contributed by atoms with Crippen molar-refractivity contribution in [1.29, 1.82) is 0 Å². The molecule has 0 bridgehead atoms. The van der Waals surface area contributed by atoms with E-state index in [4.69, 9.17) is 9.47 Å². The van der Waals surface area contributed by atoms with E-state index in [1.165, 1.54) is 17.8 Å². The number of carbonyl (C=O) groups excluding carboxylic acids is 2. The molecule has 2 amide bonds. The summed E-state index contributed by atoms with van der Waals surface area (Å²) in [5.74, 6) is 0.975. The molecule has 2 aliphatic rings. The molecule has 1 aliphatic carbocycles. The minimum Gasteiger partial charge on any atom is -0.454 e. The van der Waals surface area contributed by atoms with E-state index in [0.717, 1.165) is 47.7 Å². The third kappa shape index (κ3) is 5.09. The number of rotatable bonds is 7. The zero-order chi connectivity index (χ0) is 25.9. The van der Waals surface area contributed by atoms with Crippen molar-refractivity contribution in [3.63, 3.8) is 0 Å². The average molecular weight is 528 g/mol. The van der Waals surface area contributed by atoms with Crippen LogP contribution in [0.5, 0.6) is 11.5 Å². The number of amides is 2. The van der Waals surface area contributed by atoms with Crippen LogP contribution in [0.25, 0.3) is 10.9 Å². The van der Waals surface area contributed by atoms with E-state index in [1.807, 2.05) is 60.0 Å². The third-order valence-electron chi connectivity index (χ3n) is 7.24. The van der Waals surface area contributed by atoms with E-state index in [1.54, 1.807) is 17.2 Å². The molecule has 38 heavy (non-hydrogen) atoms. The molecular weight excluding hydrogens is 498 g/mol. The molecule has 1 N–H and O–H groups in total. The Hall–Kier alpha value is -3.91. The highest BCUT2D eigenvalue weighted by atomic mass is 32.1. The summed E-state index contributed by atoms with van der Waals surface area (Å²) in [7, 11) is 0. The predicted octanol–water partition coefficient (Wildman–Crippen LogP) is 5.86. The molecule has 2 aromatic heterocycles. The summed E-state index contributed by atoms with van der Waals surface area (Å²) >= 11 is 1.37. The molecule has 2 aromatic carbocycles. The highest BCUT2D eigenvalue weighted by Crippen LogP contribution is 2.35. The van der Waals surface area contributed by atoms with Crippen LogP contribution >= 0.6 is 11.3 Å². The van der Waals surface area contributed by atoms with Crippen molar-refractivity contribution >= 4 is 34.1 Å². The maximum absolute atomic E-state index is 14.1. The first kappa shape index (κ1) is 24.4. The quantitative estimate of drug-likeness (QED) is 0.326. The van der Waals surface area contributed by atoms with E-state index in [9.17, 15) is 9.59 Å². The lowest BCUT2D eigenvalue weighted by Gasteiger charge is -2.33. The molecule has 8 heteroatoms. The highest BCUT2D eigenvalue weighted by molar-refractivity contribution is 7.12. The number of benzene rings is 2. The van der Waals surface area contributed by atoms with Gasteiger partial charge in [0.1, 0.15) is 6.04 Å². The molecule has 4 aromatic rings. The molecule has 0 saturated heterocycles. The molecule has 7 nitrogen and oxygen atoms in total. The Morgan fingerprint density at radius 3 is 2.71 bits per heavy atom. The van der Waals surface area contributed by atoms with Crippen molar-refractivity contribution in [3.8, 4) is 11.5 Å². The van der Waals surface area contributed by atoms with Gasteiger partial charge < -0.3 is 19.7 Å². The Morgan fingerprint density at radius 2 is 1.87 bits per heavy atom. The minimum absolute atomic E-state index is 0.116. The first-order valence-corrected chi connectivity index (χ1v) is 13.9. The van der Waals surface area contributed by atoms with Crippen molar-refractivity contribution in [3.05, 3.63) is 88.2 Å². The van der Waals surface area contributed by atoms with Crippen molar-refractivity contribution in [2.45, 2.75) is 50.7 Å². The molecular formula is C30H29N3O4S. The van der Waals surface area contributed by atoms with Gasteiger partial charge in [-0.1, -0.05) is 43.5 Å². The van der Waals surface area contributed by atoms with Gasteiger partial charge in [-0.15, -0.1) is 11.3 Å². The molecule has 3 heterocycles. The summed E-state index contributed by atoms with van der Waals surface area (Å²) in [6.45, 7) is 0.412. The number of ether oxygens (including phenoxy) is 2. The van der Waals surface area contributed by atoms with Crippen molar-refractivity contribution in [2.24, 2.45) is 0 Å². The second-order valence-corrected chi connectivity index (χ2v) is 10.7. The Morgan fingerprint density at radius 1 is 1.00 bits per heavy atom. The smallest absolute Gasteiger partial charge is 0.265 e. The van der Waals surface area contributed by atoms with Gasteiger partial charge in [-0.3, -0.25) is 14.6 Å². The maximum atomic E-state index is 14.1. The number of pyridine rings is 1. The van der Waals surface area contributed by atoms with Crippen LogP contribution in [0.1, 0.15) is 58.9 Å². The van der Waals surface area contributed by atoms with Gasteiger partial charge in [0.2, 0.25) is 12.7 Å². The number of hydrogen-bond donors (Lipinski definition) is 1. The molecule has 0 spiro atoms. The predicted molar refractivity (Wildman–Crippen MR) is 146 cm³/mol. The van der Waals surface area contributed by atoms with E-state index >= 15 is 0 Å². The van der Waals surface area contributed by atoms with Crippen LogP contribution in [0.4, 0.5) is 0 Å². The summed E-state index contributed by atoms with van der Waals surface area (Å²) in [6.07, 6.45) is 7.07. The van der Waals surface area contributed by atoms with Crippen molar-refractivity contribution < 1.29 is 19.1 Å².